The summed E-state index contributed by atoms with van der Waals surface area (Å²) in [6, 6.07) is 21.2. The van der Waals surface area contributed by atoms with E-state index >= 15 is 0 Å². The van der Waals surface area contributed by atoms with Crippen molar-refractivity contribution in [3.8, 4) is 29.0 Å². The van der Waals surface area contributed by atoms with Gasteiger partial charge in [-0.15, -0.1) is 13.2 Å². The third-order valence-electron chi connectivity index (χ3n) is 7.87. The van der Waals surface area contributed by atoms with Gasteiger partial charge in [-0.3, -0.25) is 9.47 Å². The molecule has 4 aromatic rings. The SMILES string of the molecule is O=[N+]([O-])c1cn2c(n1)O[C@H](COc1ccc(OC3CCN(Cc4ccc(OCc5ccc(OC(F)(F)F)cc5)cc4)CC3)cc1)CC2. The van der Waals surface area contributed by atoms with E-state index in [2.05, 4.69) is 14.6 Å². The fourth-order valence-electron chi connectivity index (χ4n) is 5.42. The number of likely N-dealkylation sites (tertiary alicyclic amines) is 1. The highest BCUT2D eigenvalue weighted by atomic mass is 19.4. The Labute approximate surface area is 268 Å². The molecular formula is C33H33F3N4O7. The molecule has 14 heteroatoms. The van der Waals surface area contributed by atoms with Crippen molar-refractivity contribution < 1.29 is 41.8 Å². The summed E-state index contributed by atoms with van der Waals surface area (Å²) in [5.41, 5.74) is 1.89. The molecule has 0 aliphatic carbocycles. The molecule has 6 rings (SSSR count). The zero-order valence-electron chi connectivity index (χ0n) is 25.3. The molecule has 0 unspecified atom stereocenters. The molecule has 1 atom stereocenters. The number of alkyl halides is 3. The predicted molar refractivity (Wildman–Crippen MR) is 163 cm³/mol. The van der Waals surface area contributed by atoms with Crippen LogP contribution in [-0.4, -0.2) is 57.6 Å². The first-order chi connectivity index (χ1) is 22.6. The van der Waals surface area contributed by atoms with Crippen LogP contribution < -0.4 is 23.7 Å². The Morgan fingerprint density at radius 3 is 2.13 bits per heavy atom. The van der Waals surface area contributed by atoms with Crippen molar-refractivity contribution in [2.45, 2.75) is 57.5 Å². The van der Waals surface area contributed by atoms with E-state index in [1.54, 1.807) is 16.7 Å². The summed E-state index contributed by atoms with van der Waals surface area (Å²) in [5.74, 6) is 1.64. The highest BCUT2D eigenvalue weighted by molar-refractivity contribution is 5.32. The summed E-state index contributed by atoms with van der Waals surface area (Å²) >= 11 is 0. The fraction of sp³-hybridized carbons (Fsp3) is 0.364. The van der Waals surface area contributed by atoms with Gasteiger partial charge in [0, 0.05) is 37.6 Å². The van der Waals surface area contributed by atoms with Gasteiger partial charge >= 0.3 is 18.2 Å². The first-order valence-corrected chi connectivity index (χ1v) is 15.2. The predicted octanol–water partition coefficient (Wildman–Crippen LogP) is 6.54. The van der Waals surface area contributed by atoms with Gasteiger partial charge in [0.05, 0.1) is 0 Å². The number of nitro groups is 1. The minimum atomic E-state index is -4.72. The number of benzene rings is 3. The third kappa shape index (κ3) is 9.06. The molecule has 2 aliphatic heterocycles. The van der Waals surface area contributed by atoms with E-state index in [-0.39, 0.29) is 36.4 Å². The summed E-state index contributed by atoms with van der Waals surface area (Å²) in [4.78, 5) is 16.7. The molecule has 3 heterocycles. The molecule has 0 radical (unpaired) electrons. The molecule has 3 aromatic carbocycles. The van der Waals surface area contributed by atoms with E-state index in [1.807, 2.05) is 48.5 Å². The quantitative estimate of drug-likeness (QED) is 0.124. The van der Waals surface area contributed by atoms with E-state index in [1.165, 1.54) is 18.3 Å². The normalized spacial score (nSPS) is 17.0. The van der Waals surface area contributed by atoms with Crippen molar-refractivity contribution in [1.82, 2.24) is 14.5 Å². The van der Waals surface area contributed by atoms with Crippen molar-refractivity contribution in [3.05, 3.63) is 100 Å². The van der Waals surface area contributed by atoms with Gasteiger partial charge in [-0.25, -0.2) is 0 Å². The van der Waals surface area contributed by atoms with Crippen LogP contribution >= 0.6 is 0 Å². The van der Waals surface area contributed by atoms with E-state index < -0.39 is 11.3 Å². The number of aryl methyl sites for hydroxylation is 1. The first kappa shape index (κ1) is 32.0. The maximum absolute atomic E-state index is 12.3. The number of fused-ring (bicyclic) bond motifs is 1. The van der Waals surface area contributed by atoms with Crippen LogP contribution in [0.15, 0.2) is 79.0 Å². The van der Waals surface area contributed by atoms with Crippen molar-refractivity contribution in [2.75, 3.05) is 19.7 Å². The molecule has 47 heavy (non-hydrogen) atoms. The number of imidazole rings is 1. The maximum Gasteiger partial charge on any atom is 0.573 e. The molecule has 1 saturated heterocycles. The van der Waals surface area contributed by atoms with Gasteiger partial charge in [-0.2, -0.15) is 0 Å². The average Bonchev–Trinajstić information content (AvgIpc) is 3.49. The lowest BCUT2D eigenvalue weighted by molar-refractivity contribution is -0.389. The van der Waals surface area contributed by atoms with E-state index in [9.17, 15) is 23.3 Å². The van der Waals surface area contributed by atoms with Gasteiger partial charge in [0.25, 0.3) is 0 Å². The van der Waals surface area contributed by atoms with Gasteiger partial charge in [0.2, 0.25) is 0 Å². The molecule has 248 valence electrons. The second-order valence-corrected chi connectivity index (χ2v) is 11.4. The zero-order chi connectivity index (χ0) is 32.8. The van der Waals surface area contributed by atoms with Crippen LogP contribution in [0.1, 0.15) is 30.4 Å². The lowest BCUT2D eigenvalue weighted by atomic mass is 10.1. The molecule has 2 aliphatic rings. The van der Waals surface area contributed by atoms with Crippen molar-refractivity contribution >= 4 is 5.82 Å². The van der Waals surface area contributed by atoms with Crippen molar-refractivity contribution in [3.63, 3.8) is 0 Å². The molecule has 0 bridgehead atoms. The number of hydrogen-bond donors (Lipinski definition) is 0. The average molecular weight is 655 g/mol. The van der Waals surface area contributed by atoms with E-state index in [4.69, 9.17) is 18.9 Å². The molecule has 0 saturated carbocycles. The van der Waals surface area contributed by atoms with E-state index in [0.717, 1.165) is 49.4 Å². The second kappa shape index (κ2) is 14.2. The number of piperidine rings is 1. The van der Waals surface area contributed by atoms with Crippen LogP contribution in [0.3, 0.4) is 0 Å². The monoisotopic (exact) mass is 654 g/mol. The van der Waals surface area contributed by atoms with Gasteiger partial charge in [-0.1, -0.05) is 24.3 Å². The molecule has 0 spiro atoms. The lowest BCUT2D eigenvalue weighted by Gasteiger charge is -2.32. The molecule has 0 amide bonds. The van der Waals surface area contributed by atoms with Crippen molar-refractivity contribution in [1.29, 1.82) is 0 Å². The molecule has 11 nitrogen and oxygen atoms in total. The van der Waals surface area contributed by atoms with Gasteiger partial charge in [0.15, 0.2) is 0 Å². The Balaban J connectivity index is 0.882. The second-order valence-electron chi connectivity index (χ2n) is 11.4. The van der Waals surface area contributed by atoms with E-state index in [0.29, 0.717) is 31.1 Å². The highest BCUT2D eigenvalue weighted by Crippen LogP contribution is 2.27. The fourth-order valence-corrected chi connectivity index (χ4v) is 5.42. The van der Waals surface area contributed by atoms with Gasteiger partial charge in [0.1, 0.15) is 54.6 Å². The Morgan fingerprint density at radius 1 is 0.830 bits per heavy atom. The smallest absolute Gasteiger partial charge is 0.490 e. The topological polar surface area (TPSA) is 110 Å². The number of nitrogens with zero attached hydrogens (tertiary/aromatic N) is 4. The number of ether oxygens (including phenoxy) is 5. The lowest BCUT2D eigenvalue weighted by Crippen LogP contribution is -2.37. The molecule has 1 fully saturated rings. The van der Waals surface area contributed by atoms with Crippen LogP contribution in [-0.2, 0) is 19.7 Å². The van der Waals surface area contributed by atoms with Crippen LogP contribution in [0, 0.1) is 10.1 Å². The number of rotatable bonds is 12. The minimum absolute atomic E-state index is 0.117. The summed E-state index contributed by atoms with van der Waals surface area (Å²) in [7, 11) is 0. The van der Waals surface area contributed by atoms with Crippen LogP contribution in [0.5, 0.6) is 29.0 Å². The molecular weight excluding hydrogens is 621 g/mol. The molecule has 1 aromatic heterocycles. The minimum Gasteiger partial charge on any atom is -0.490 e. The third-order valence-corrected chi connectivity index (χ3v) is 7.87. The Hall–Kier alpha value is -4.98. The largest absolute Gasteiger partial charge is 0.573 e. The van der Waals surface area contributed by atoms with Crippen molar-refractivity contribution in [2.24, 2.45) is 0 Å². The summed E-state index contributed by atoms with van der Waals surface area (Å²) < 4.78 is 66.2. The van der Waals surface area contributed by atoms with Gasteiger partial charge in [-0.05, 0) is 77.4 Å². The summed E-state index contributed by atoms with van der Waals surface area (Å²) in [6.45, 7) is 3.72. The summed E-state index contributed by atoms with van der Waals surface area (Å²) in [5, 5.41) is 10.9. The number of halogens is 3. The molecule has 0 N–H and O–H groups in total. The summed E-state index contributed by atoms with van der Waals surface area (Å²) in [6.07, 6.45) is -1.00. The Morgan fingerprint density at radius 2 is 1.45 bits per heavy atom. The van der Waals surface area contributed by atoms with Crippen LogP contribution in [0.25, 0.3) is 0 Å². The number of aromatic nitrogens is 2. The van der Waals surface area contributed by atoms with Crippen LogP contribution in [0.4, 0.5) is 19.0 Å². The standard InChI is InChI=1S/C33H33F3N4O7/c34-33(35,36)47-29-7-3-24(4-8-29)21-43-25-5-1-23(2-6-25)19-38-16-13-28(14-17-38)45-27-11-9-26(10-12-27)44-22-30-15-18-39-20-31(40(41)42)37-32(39)46-30/h1-12,20,28,30H,13-19,21-22H2/t30-/m0/s1. The first-order valence-electron chi connectivity index (χ1n) is 15.2. The maximum atomic E-state index is 12.3. The number of hydrogen-bond acceptors (Lipinski definition) is 9. The van der Waals surface area contributed by atoms with Crippen LogP contribution in [0.2, 0.25) is 0 Å². The Bertz CT molecular complexity index is 1620. The van der Waals surface area contributed by atoms with Gasteiger partial charge < -0.3 is 33.8 Å². The highest BCUT2D eigenvalue weighted by Gasteiger charge is 2.31. The Kier molecular flexibility index (Phi) is 9.66. The zero-order valence-corrected chi connectivity index (χ0v) is 25.3.